The molecule has 0 saturated heterocycles. The molecule has 22 heavy (non-hydrogen) atoms. The fraction of sp³-hybridized carbons (Fsp3) is 0.182. The number of hydrogen-bond donors (Lipinski definition) is 2. The van der Waals surface area contributed by atoms with E-state index >= 15 is 0 Å². The molecule has 0 spiro atoms. The first-order chi connectivity index (χ1) is 10.3. The van der Waals surface area contributed by atoms with Crippen molar-refractivity contribution in [3.05, 3.63) is 41.7 Å². The molecule has 1 heterocycles. The van der Waals surface area contributed by atoms with E-state index in [4.69, 9.17) is 5.11 Å². The normalized spacial score (nSPS) is 11.5. The van der Waals surface area contributed by atoms with Crippen LogP contribution in [0.1, 0.15) is 10.5 Å². The zero-order chi connectivity index (χ0) is 16.3. The van der Waals surface area contributed by atoms with Gasteiger partial charge in [-0.25, -0.2) is 26.7 Å². The highest BCUT2D eigenvalue weighted by Gasteiger charge is 2.21. The van der Waals surface area contributed by atoms with Gasteiger partial charge in [-0.2, -0.15) is 0 Å². The number of carboxylic acids is 1. The number of carboxylic acid groups (broad SMARTS) is 1. The lowest BCUT2D eigenvalue weighted by atomic mass is 10.3. The molecule has 0 fully saturated rings. The summed E-state index contributed by atoms with van der Waals surface area (Å²) in [5, 5.41) is 15.5. The van der Waals surface area contributed by atoms with Crippen LogP contribution in [0.15, 0.2) is 29.3 Å². The lowest BCUT2D eigenvalue weighted by Gasteiger charge is -2.07. The summed E-state index contributed by atoms with van der Waals surface area (Å²) in [5.74, 6) is -4.01. The van der Waals surface area contributed by atoms with Crippen molar-refractivity contribution < 1.29 is 27.1 Å². The minimum atomic E-state index is -4.24. The molecular formula is C11H10F2N4O4S. The van der Waals surface area contributed by atoms with Gasteiger partial charge < -0.3 is 5.11 Å². The molecule has 118 valence electrons. The van der Waals surface area contributed by atoms with Gasteiger partial charge in [0.15, 0.2) is 17.3 Å². The van der Waals surface area contributed by atoms with Gasteiger partial charge >= 0.3 is 5.97 Å². The predicted octanol–water partition coefficient (Wildman–Crippen LogP) is 0.233. The molecular weight excluding hydrogens is 322 g/mol. The first-order valence-electron chi connectivity index (χ1n) is 5.88. The van der Waals surface area contributed by atoms with E-state index in [-0.39, 0.29) is 18.8 Å². The van der Waals surface area contributed by atoms with Gasteiger partial charge in [-0.15, -0.1) is 5.10 Å². The van der Waals surface area contributed by atoms with E-state index in [1.165, 1.54) is 0 Å². The van der Waals surface area contributed by atoms with Gasteiger partial charge in [0, 0.05) is 6.54 Å². The average molecular weight is 332 g/mol. The fourth-order valence-corrected chi connectivity index (χ4v) is 2.68. The molecule has 1 aromatic heterocycles. The van der Waals surface area contributed by atoms with E-state index in [2.05, 4.69) is 15.0 Å². The Morgan fingerprint density at radius 3 is 2.73 bits per heavy atom. The number of hydrogen-bond acceptors (Lipinski definition) is 5. The van der Waals surface area contributed by atoms with E-state index in [9.17, 15) is 22.0 Å². The SMILES string of the molecule is O=C(O)c1cn(CCNS(=O)(=O)c2cccc(F)c2F)nn1. The maximum absolute atomic E-state index is 13.5. The Morgan fingerprint density at radius 2 is 2.09 bits per heavy atom. The molecule has 2 N–H and O–H groups in total. The van der Waals surface area contributed by atoms with Crippen LogP contribution in [-0.2, 0) is 16.6 Å². The third-order valence-corrected chi connectivity index (χ3v) is 4.07. The van der Waals surface area contributed by atoms with Crippen LogP contribution in [0.4, 0.5) is 8.78 Å². The van der Waals surface area contributed by atoms with E-state index < -0.39 is 32.5 Å². The third kappa shape index (κ3) is 3.43. The summed E-state index contributed by atoms with van der Waals surface area (Å²) in [6.07, 6.45) is 1.11. The van der Waals surface area contributed by atoms with Crippen LogP contribution in [-0.4, -0.2) is 41.0 Å². The molecule has 0 unspecified atom stereocenters. The number of nitrogens with one attached hydrogen (secondary N) is 1. The molecule has 0 aliphatic rings. The smallest absolute Gasteiger partial charge is 0.358 e. The number of benzene rings is 1. The summed E-state index contributed by atoms with van der Waals surface area (Å²) in [6.45, 7) is -0.239. The summed E-state index contributed by atoms with van der Waals surface area (Å²) >= 11 is 0. The highest BCUT2D eigenvalue weighted by atomic mass is 32.2. The van der Waals surface area contributed by atoms with Crippen molar-refractivity contribution in [1.29, 1.82) is 0 Å². The number of sulfonamides is 1. The van der Waals surface area contributed by atoms with E-state index in [0.29, 0.717) is 0 Å². The largest absolute Gasteiger partial charge is 0.476 e. The van der Waals surface area contributed by atoms with Gasteiger partial charge in [-0.3, -0.25) is 4.68 Å². The second-order valence-electron chi connectivity index (χ2n) is 4.12. The Kier molecular flexibility index (Phi) is 4.47. The zero-order valence-electron chi connectivity index (χ0n) is 10.9. The Morgan fingerprint density at radius 1 is 1.36 bits per heavy atom. The van der Waals surface area contributed by atoms with E-state index in [0.717, 1.165) is 29.1 Å². The zero-order valence-corrected chi connectivity index (χ0v) is 11.7. The van der Waals surface area contributed by atoms with Crippen LogP contribution in [0.2, 0.25) is 0 Å². The number of aromatic nitrogens is 3. The molecule has 0 aliphatic carbocycles. The van der Waals surface area contributed by atoms with Crippen LogP contribution in [0.3, 0.4) is 0 Å². The summed E-state index contributed by atoms with van der Waals surface area (Å²) in [6, 6.07) is 2.81. The second kappa shape index (κ2) is 6.15. The molecule has 0 amide bonds. The Hall–Kier alpha value is -2.40. The molecule has 1 aromatic carbocycles. The summed E-state index contributed by atoms with van der Waals surface area (Å²) < 4.78 is 53.4. The highest BCUT2D eigenvalue weighted by molar-refractivity contribution is 7.89. The number of halogens is 2. The number of nitrogens with zero attached hydrogens (tertiary/aromatic N) is 3. The summed E-state index contributed by atoms with van der Waals surface area (Å²) in [5.41, 5.74) is -0.293. The minimum Gasteiger partial charge on any atom is -0.476 e. The topological polar surface area (TPSA) is 114 Å². The number of carbonyl (C=O) groups is 1. The first kappa shape index (κ1) is 16.0. The Balaban J connectivity index is 2.03. The molecule has 0 saturated carbocycles. The van der Waals surface area contributed by atoms with Crippen molar-refractivity contribution in [3.8, 4) is 0 Å². The summed E-state index contributed by atoms with van der Waals surface area (Å²) in [7, 11) is -4.24. The molecule has 0 radical (unpaired) electrons. The quantitative estimate of drug-likeness (QED) is 0.783. The van der Waals surface area contributed by atoms with Crippen molar-refractivity contribution in [2.24, 2.45) is 0 Å². The monoisotopic (exact) mass is 332 g/mol. The number of rotatable bonds is 6. The van der Waals surface area contributed by atoms with Crippen LogP contribution in [0.25, 0.3) is 0 Å². The highest BCUT2D eigenvalue weighted by Crippen LogP contribution is 2.16. The lowest BCUT2D eigenvalue weighted by molar-refractivity contribution is 0.0690. The van der Waals surface area contributed by atoms with Gasteiger partial charge in [-0.05, 0) is 12.1 Å². The fourth-order valence-electron chi connectivity index (χ4n) is 1.57. The van der Waals surface area contributed by atoms with Crippen LogP contribution >= 0.6 is 0 Å². The van der Waals surface area contributed by atoms with Gasteiger partial charge in [-0.1, -0.05) is 11.3 Å². The average Bonchev–Trinajstić information content (AvgIpc) is 2.90. The van der Waals surface area contributed by atoms with Crippen molar-refractivity contribution >= 4 is 16.0 Å². The number of aromatic carboxylic acids is 1. The van der Waals surface area contributed by atoms with Crippen molar-refractivity contribution in [2.75, 3.05) is 6.54 Å². The van der Waals surface area contributed by atoms with Gasteiger partial charge in [0.2, 0.25) is 10.0 Å². The molecule has 0 aliphatic heterocycles. The van der Waals surface area contributed by atoms with E-state index in [1.807, 2.05) is 0 Å². The lowest BCUT2D eigenvalue weighted by Crippen LogP contribution is -2.28. The van der Waals surface area contributed by atoms with Crippen LogP contribution < -0.4 is 4.72 Å². The maximum atomic E-state index is 13.5. The predicted molar refractivity (Wildman–Crippen MR) is 68.5 cm³/mol. The molecule has 11 heteroatoms. The van der Waals surface area contributed by atoms with Crippen molar-refractivity contribution in [2.45, 2.75) is 11.4 Å². The second-order valence-corrected chi connectivity index (χ2v) is 5.86. The summed E-state index contributed by atoms with van der Waals surface area (Å²) in [4.78, 5) is 9.79. The van der Waals surface area contributed by atoms with Crippen molar-refractivity contribution in [1.82, 2.24) is 19.7 Å². The molecule has 2 aromatic rings. The van der Waals surface area contributed by atoms with Gasteiger partial charge in [0.1, 0.15) is 4.90 Å². The van der Waals surface area contributed by atoms with Gasteiger partial charge in [0.25, 0.3) is 0 Å². The molecule has 8 nitrogen and oxygen atoms in total. The molecule has 2 rings (SSSR count). The maximum Gasteiger partial charge on any atom is 0.358 e. The standard InChI is InChI=1S/C11H10F2N4O4S/c12-7-2-1-3-9(10(7)13)22(20,21)14-4-5-17-6-8(11(18)19)15-16-17/h1-3,6,14H,4-5H2,(H,18,19). The first-order valence-corrected chi connectivity index (χ1v) is 7.36. The Bertz CT molecular complexity index is 806. The molecule has 0 bridgehead atoms. The third-order valence-electron chi connectivity index (χ3n) is 2.60. The molecule has 0 atom stereocenters. The van der Waals surface area contributed by atoms with E-state index in [1.54, 1.807) is 0 Å². The van der Waals surface area contributed by atoms with Crippen molar-refractivity contribution in [3.63, 3.8) is 0 Å². The van der Waals surface area contributed by atoms with Gasteiger partial charge in [0.05, 0.1) is 12.7 Å². The Labute approximate surface area is 123 Å². The van der Waals surface area contributed by atoms with Crippen LogP contribution in [0.5, 0.6) is 0 Å². The minimum absolute atomic E-state index is 0.0313. The van der Waals surface area contributed by atoms with Crippen LogP contribution in [0, 0.1) is 11.6 Å².